The Balaban J connectivity index is 1.47. The van der Waals surface area contributed by atoms with E-state index < -0.39 is 0 Å². The molecule has 3 heterocycles. The van der Waals surface area contributed by atoms with Gasteiger partial charge >= 0.3 is 0 Å². The molecule has 3 aromatic rings. The van der Waals surface area contributed by atoms with Gasteiger partial charge in [-0.15, -0.1) is 10.2 Å². The van der Waals surface area contributed by atoms with E-state index >= 15 is 0 Å². The maximum absolute atomic E-state index is 12.9. The molecule has 0 atom stereocenters. The second-order valence-corrected chi connectivity index (χ2v) is 6.62. The van der Waals surface area contributed by atoms with Crippen LogP contribution in [0, 0.1) is 0 Å². The number of likely N-dealkylation sites (tertiary alicyclic amines) is 1. The molecule has 7 heteroatoms. The zero-order chi connectivity index (χ0) is 18.8. The Hall–Kier alpha value is -3.09. The van der Waals surface area contributed by atoms with Crippen molar-refractivity contribution in [3.8, 4) is 11.5 Å². The first-order valence-corrected chi connectivity index (χ1v) is 9.02. The van der Waals surface area contributed by atoms with E-state index in [0.717, 1.165) is 24.3 Å². The molecule has 1 aromatic carbocycles. The predicted octanol–water partition coefficient (Wildman–Crippen LogP) is 2.77. The number of hydrogen-bond donors (Lipinski definition) is 0. The summed E-state index contributed by atoms with van der Waals surface area (Å²) < 4.78 is 12.6. The summed E-state index contributed by atoms with van der Waals surface area (Å²) in [5.41, 5.74) is 1.47. The van der Waals surface area contributed by atoms with Crippen LogP contribution in [0.4, 0.5) is 0 Å². The van der Waals surface area contributed by atoms with Gasteiger partial charge < -0.3 is 14.4 Å². The summed E-state index contributed by atoms with van der Waals surface area (Å²) >= 11 is 0. The van der Waals surface area contributed by atoms with E-state index in [0.29, 0.717) is 36.1 Å². The van der Waals surface area contributed by atoms with E-state index in [1.165, 1.54) is 0 Å². The number of methoxy groups -OCH3 is 2. The van der Waals surface area contributed by atoms with Gasteiger partial charge in [0.05, 0.1) is 14.2 Å². The number of benzene rings is 1. The maximum Gasteiger partial charge on any atom is 0.253 e. The van der Waals surface area contributed by atoms with Crippen molar-refractivity contribution in [3.05, 3.63) is 54.0 Å². The van der Waals surface area contributed by atoms with Crippen molar-refractivity contribution in [3.63, 3.8) is 0 Å². The molecule has 0 radical (unpaired) electrons. The first-order chi connectivity index (χ1) is 13.2. The molecule has 0 aliphatic carbocycles. The normalized spacial score (nSPS) is 15.1. The van der Waals surface area contributed by atoms with Crippen LogP contribution in [0.25, 0.3) is 5.65 Å². The molecule has 1 saturated heterocycles. The fourth-order valence-electron chi connectivity index (χ4n) is 3.63. The third kappa shape index (κ3) is 3.20. The summed E-state index contributed by atoms with van der Waals surface area (Å²) in [6.07, 6.45) is 3.73. The van der Waals surface area contributed by atoms with Crippen LogP contribution in [-0.4, -0.2) is 52.7 Å². The average molecular weight is 366 g/mol. The van der Waals surface area contributed by atoms with Crippen LogP contribution in [0.3, 0.4) is 0 Å². The van der Waals surface area contributed by atoms with Crippen LogP contribution in [0.15, 0.2) is 42.6 Å². The zero-order valence-corrected chi connectivity index (χ0v) is 15.5. The van der Waals surface area contributed by atoms with E-state index in [4.69, 9.17) is 9.47 Å². The number of piperidine rings is 1. The highest BCUT2D eigenvalue weighted by Crippen LogP contribution is 2.30. The van der Waals surface area contributed by atoms with Gasteiger partial charge in [0.15, 0.2) is 17.1 Å². The van der Waals surface area contributed by atoms with Crippen molar-refractivity contribution in [1.82, 2.24) is 19.5 Å². The summed E-state index contributed by atoms with van der Waals surface area (Å²) in [7, 11) is 3.15. The number of carbonyl (C=O) groups excluding carboxylic acids is 1. The van der Waals surface area contributed by atoms with E-state index in [1.54, 1.807) is 32.4 Å². The number of aromatic nitrogens is 3. The Labute approximate surface area is 157 Å². The Kier molecular flexibility index (Phi) is 4.66. The van der Waals surface area contributed by atoms with Gasteiger partial charge in [0.25, 0.3) is 5.91 Å². The fraction of sp³-hybridized carbons (Fsp3) is 0.350. The molecule has 0 saturated carbocycles. The first kappa shape index (κ1) is 17.3. The van der Waals surface area contributed by atoms with Crippen LogP contribution < -0.4 is 9.47 Å². The van der Waals surface area contributed by atoms with E-state index in [-0.39, 0.29) is 5.91 Å². The molecule has 1 fully saturated rings. The molecule has 0 bridgehead atoms. The van der Waals surface area contributed by atoms with Crippen LogP contribution in [-0.2, 0) is 0 Å². The number of amides is 1. The standard InChI is InChI=1S/C20H22N4O3/c1-26-16-7-6-15(13-17(16)27-2)20(25)23-11-8-14(9-12-23)19-22-21-18-5-3-4-10-24(18)19/h3-7,10,13-14H,8-9,11-12H2,1-2H3. The van der Waals surface area contributed by atoms with Gasteiger partial charge in [0.1, 0.15) is 5.82 Å². The van der Waals surface area contributed by atoms with E-state index in [1.807, 2.05) is 33.7 Å². The monoisotopic (exact) mass is 366 g/mol. The fourth-order valence-corrected chi connectivity index (χ4v) is 3.63. The van der Waals surface area contributed by atoms with Crippen molar-refractivity contribution in [2.24, 2.45) is 0 Å². The molecular formula is C20H22N4O3. The predicted molar refractivity (Wildman–Crippen MR) is 100 cm³/mol. The summed E-state index contributed by atoms with van der Waals surface area (Å²) in [6.45, 7) is 1.39. The van der Waals surface area contributed by atoms with E-state index in [9.17, 15) is 4.79 Å². The zero-order valence-electron chi connectivity index (χ0n) is 15.5. The number of fused-ring (bicyclic) bond motifs is 1. The molecule has 0 spiro atoms. The number of nitrogens with zero attached hydrogens (tertiary/aromatic N) is 4. The SMILES string of the molecule is COc1ccc(C(=O)N2CCC(c3nnc4ccccn34)CC2)cc1OC. The minimum atomic E-state index is 0.0144. The largest absolute Gasteiger partial charge is 0.493 e. The molecule has 140 valence electrons. The number of hydrogen-bond acceptors (Lipinski definition) is 5. The molecule has 7 nitrogen and oxygen atoms in total. The van der Waals surface area contributed by atoms with Crippen molar-refractivity contribution in [1.29, 1.82) is 0 Å². The molecule has 0 N–H and O–H groups in total. The molecular weight excluding hydrogens is 344 g/mol. The van der Waals surface area contributed by atoms with Crippen LogP contribution in [0.5, 0.6) is 11.5 Å². The summed E-state index contributed by atoms with van der Waals surface area (Å²) in [5, 5.41) is 8.61. The minimum absolute atomic E-state index is 0.0144. The molecule has 0 unspecified atom stereocenters. The highest BCUT2D eigenvalue weighted by atomic mass is 16.5. The van der Waals surface area contributed by atoms with Gasteiger partial charge in [0, 0.05) is 30.8 Å². The Morgan fingerprint density at radius 3 is 2.56 bits per heavy atom. The smallest absolute Gasteiger partial charge is 0.253 e. The first-order valence-electron chi connectivity index (χ1n) is 9.02. The molecule has 1 aliphatic heterocycles. The van der Waals surface area contributed by atoms with E-state index in [2.05, 4.69) is 10.2 Å². The summed E-state index contributed by atoms with van der Waals surface area (Å²) in [4.78, 5) is 14.8. The van der Waals surface area contributed by atoms with Gasteiger partial charge in [-0.3, -0.25) is 9.20 Å². The van der Waals surface area contributed by atoms with Gasteiger partial charge in [0.2, 0.25) is 0 Å². The second kappa shape index (κ2) is 7.26. The number of carbonyl (C=O) groups is 1. The molecule has 1 amide bonds. The van der Waals surface area contributed by atoms with Crippen LogP contribution in [0.2, 0.25) is 0 Å². The van der Waals surface area contributed by atoms with Gasteiger partial charge in [-0.05, 0) is 43.2 Å². The Morgan fingerprint density at radius 1 is 1.04 bits per heavy atom. The highest BCUT2D eigenvalue weighted by Gasteiger charge is 2.27. The lowest BCUT2D eigenvalue weighted by atomic mass is 9.95. The lowest BCUT2D eigenvalue weighted by Crippen LogP contribution is -2.38. The van der Waals surface area contributed by atoms with Gasteiger partial charge in [-0.1, -0.05) is 6.07 Å². The summed E-state index contributed by atoms with van der Waals surface area (Å²) in [5.74, 6) is 2.47. The Morgan fingerprint density at radius 2 is 1.81 bits per heavy atom. The number of rotatable bonds is 4. The third-order valence-corrected chi connectivity index (χ3v) is 5.12. The van der Waals surface area contributed by atoms with Crippen molar-refractivity contribution >= 4 is 11.6 Å². The maximum atomic E-state index is 12.9. The quantitative estimate of drug-likeness (QED) is 0.710. The topological polar surface area (TPSA) is 69.0 Å². The molecule has 27 heavy (non-hydrogen) atoms. The van der Waals surface area contributed by atoms with Gasteiger partial charge in [-0.25, -0.2) is 0 Å². The highest BCUT2D eigenvalue weighted by molar-refractivity contribution is 5.95. The van der Waals surface area contributed by atoms with Crippen LogP contribution >= 0.6 is 0 Å². The molecule has 1 aliphatic rings. The third-order valence-electron chi connectivity index (χ3n) is 5.12. The van der Waals surface area contributed by atoms with Crippen molar-refractivity contribution < 1.29 is 14.3 Å². The van der Waals surface area contributed by atoms with Gasteiger partial charge in [-0.2, -0.15) is 0 Å². The lowest BCUT2D eigenvalue weighted by molar-refractivity contribution is 0.0710. The minimum Gasteiger partial charge on any atom is -0.493 e. The number of pyridine rings is 1. The Bertz CT molecular complexity index is 961. The van der Waals surface area contributed by atoms with Crippen molar-refractivity contribution in [2.45, 2.75) is 18.8 Å². The second-order valence-electron chi connectivity index (χ2n) is 6.62. The van der Waals surface area contributed by atoms with Crippen molar-refractivity contribution in [2.75, 3.05) is 27.3 Å². The summed E-state index contributed by atoms with van der Waals surface area (Å²) in [6, 6.07) is 11.2. The number of ether oxygens (including phenoxy) is 2. The lowest BCUT2D eigenvalue weighted by Gasteiger charge is -2.31. The molecule has 4 rings (SSSR count). The average Bonchev–Trinajstić information content (AvgIpc) is 3.17. The molecule has 2 aromatic heterocycles. The van der Waals surface area contributed by atoms with Crippen LogP contribution in [0.1, 0.15) is 34.9 Å².